The third-order valence-corrected chi connectivity index (χ3v) is 6.55. The zero-order valence-electron chi connectivity index (χ0n) is 18.7. The van der Waals surface area contributed by atoms with Crippen LogP contribution in [0.3, 0.4) is 0 Å². The number of aromatic nitrogens is 4. The highest BCUT2D eigenvalue weighted by molar-refractivity contribution is 6.09. The molecule has 1 saturated carbocycles. The molecule has 1 amide bonds. The monoisotopic (exact) mass is 422 g/mol. The second-order valence-electron chi connectivity index (χ2n) is 9.52. The molecule has 8 nitrogen and oxygen atoms in total. The SMILES string of the molecule is Cc1nc(NC2(C)CC2)c2c(C(=O)N3CCC(c4ccn(C(C)C)n4)CC3)coc2n1. The highest BCUT2D eigenvalue weighted by Crippen LogP contribution is 2.40. The van der Waals surface area contributed by atoms with Gasteiger partial charge in [-0.15, -0.1) is 0 Å². The minimum Gasteiger partial charge on any atom is -0.445 e. The van der Waals surface area contributed by atoms with Gasteiger partial charge >= 0.3 is 0 Å². The van der Waals surface area contributed by atoms with Gasteiger partial charge in [-0.05, 0) is 59.4 Å². The smallest absolute Gasteiger partial charge is 0.257 e. The molecule has 3 aromatic rings. The maximum atomic E-state index is 13.4. The van der Waals surface area contributed by atoms with Crippen molar-refractivity contribution in [2.24, 2.45) is 0 Å². The number of nitrogens with zero attached hydrogens (tertiary/aromatic N) is 5. The van der Waals surface area contributed by atoms with Crippen molar-refractivity contribution in [3.8, 4) is 0 Å². The van der Waals surface area contributed by atoms with Crippen LogP contribution < -0.4 is 5.32 Å². The van der Waals surface area contributed by atoms with Gasteiger partial charge < -0.3 is 14.6 Å². The van der Waals surface area contributed by atoms with E-state index in [1.54, 1.807) is 0 Å². The standard InChI is InChI=1S/C23H30N6O2/c1-14(2)29-12-7-18(27-29)16-5-10-28(11-6-16)22(30)17-13-31-21-19(17)20(24-15(3)25-21)26-23(4)8-9-23/h7,12-14,16H,5-6,8-11H2,1-4H3,(H,24,25,26). The van der Waals surface area contributed by atoms with Gasteiger partial charge in [0.25, 0.3) is 5.91 Å². The van der Waals surface area contributed by atoms with Crippen molar-refractivity contribution in [3.05, 3.63) is 35.6 Å². The molecule has 5 rings (SSSR count). The Balaban J connectivity index is 1.35. The summed E-state index contributed by atoms with van der Waals surface area (Å²) in [6.45, 7) is 9.69. The summed E-state index contributed by atoms with van der Waals surface area (Å²) < 4.78 is 7.68. The van der Waals surface area contributed by atoms with Crippen LogP contribution in [0, 0.1) is 6.92 Å². The van der Waals surface area contributed by atoms with E-state index >= 15 is 0 Å². The number of carbonyl (C=O) groups excluding carboxylic acids is 1. The Labute approximate surface area is 182 Å². The minimum atomic E-state index is -0.0126. The van der Waals surface area contributed by atoms with Crippen LogP contribution in [0.25, 0.3) is 11.1 Å². The number of carbonyl (C=O) groups is 1. The number of furan rings is 1. The molecule has 2 fully saturated rings. The van der Waals surface area contributed by atoms with Crippen LogP contribution in [0.2, 0.25) is 0 Å². The van der Waals surface area contributed by atoms with E-state index in [0.717, 1.165) is 31.4 Å². The minimum absolute atomic E-state index is 0.0126. The number of likely N-dealkylation sites (tertiary alicyclic amines) is 1. The van der Waals surface area contributed by atoms with E-state index in [9.17, 15) is 4.79 Å². The first-order valence-electron chi connectivity index (χ1n) is 11.2. The van der Waals surface area contributed by atoms with E-state index in [0.29, 0.717) is 53.4 Å². The van der Waals surface area contributed by atoms with Gasteiger partial charge in [-0.3, -0.25) is 9.48 Å². The fourth-order valence-electron chi connectivity index (χ4n) is 4.30. The molecule has 8 heteroatoms. The summed E-state index contributed by atoms with van der Waals surface area (Å²) in [6, 6.07) is 2.47. The molecule has 3 aromatic heterocycles. The number of hydrogen-bond acceptors (Lipinski definition) is 6. The molecule has 0 unspecified atom stereocenters. The van der Waals surface area contributed by atoms with Crippen LogP contribution in [0.5, 0.6) is 0 Å². The quantitative estimate of drug-likeness (QED) is 0.660. The molecule has 0 atom stereocenters. The fraction of sp³-hybridized carbons (Fsp3) is 0.565. The topological polar surface area (TPSA) is 89.1 Å². The van der Waals surface area contributed by atoms with E-state index in [2.05, 4.69) is 42.1 Å². The molecule has 0 radical (unpaired) electrons. The van der Waals surface area contributed by atoms with Gasteiger partial charge in [0.2, 0.25) is 5.71 Å². The Hall–Kier alpha value is -2.90. The van der Waals surface area contributed by atoms with Crippen molar-refractivity contribution in [1.29, 1.82) is 0 Å². The van der Waals surface area contributed by atoms with Crippen molar-refractivity contribution in [1.82, 2.24) is 24.6 Å². The Bertz CT molecular complexity index is 1120. The summed E-state index contributed by atoms with van der Waals surface area (Å²) in [5.41, 5.74) is 2.19. The third-order valence-electron chi connectivity index (χ3n) is 6.55. The number of amides is 1. The summed E-state index contributed by atoms with van der Waals surface area (Å²) in [5, 5.41) is 8.93. The second-order valence-corrected chi connectivity index (χ2v) is 9.52. The van der Waals surface area contributed by atoms with Crippen molar-refractivity contribution in [3.63, 3.8) is 0 Å². The van der Waals surface area contributed by atoms with Crippen LogP contribution in [0.1, 0.15) is 80.3 Å². The van der Waals surface area contributed by atoms with Crippen LogP contribution in [-0.2, 0) is 0 Å². The predicted molar refractivity (Wildman–Crippen MR) is 118 cm³/mol. The number of rotatable bonds is 5. The molecule has 4 heterocycles. The lowest BCUT2D eigenvalue weighted by Crippen LogP contribution is -2.38. The Kier molecular flexibility index (Phi) is 4.75. The van der Waals surface area contributed by atoms with E-state index in [1.807, 2.05) is 22.7 Å². The number of anilines is 1. The maximum absolute atomic E-state index is 13.4. The van der Waals surface area contributed by atoms with Gasteiger partial charge in [-0.2, -0.15) is 10.1 Å². The van der Waals surface area contributed by atoms with Gasteiger partial charge in [0.05, 0.1) is 16.6 Å². The summed E-state index contributed by atoms with van der Waals surface area (Å²) in [4.78, 5) is 24.3. The molecule has 164 valence electrons. The molecule has 1 saturated heterocycles. The Morgan fingerprint density at radius 2 is 2.00 bits per heavy atom. The fourth-order valence-corrected chi connectivity index (χ4v) is 4.30. The van der Waals surface area contributed by atoms with E-state index in [-0.39, 0.29) is 11.4 Å². The summed E-state index contributed by atoms with van der Waals surface area (Å²) >= 11 is 0. The molecule has 1 N–H and O–H groups in total. The largest absolute Gasteiger partial charge is 0.445 e. The zero-order chi connectivity index (χ0) is 21.8. The van der Waals surface area contributed by atoms with Crippen LogP contribution in [0.4, 0.5) is 5.82 Å². The number of aryl methyl sites for hydroxylation is 1. The predicted octanol–water partition coefficient (Wildman–Crippen LogP) is 4.29. The van der Waals surface area contributed by atoms with Gasteiger partial charge in [-0.1, -0.05) is 0 Å². The molecule has 31 heavy (non-hydrogen) atoms. The molecule has 0 aromatic carbocycles. The molecule has 0 spiro atoms. The van der Waals surface area contributed by atoms with E-state index in [4.69, 9.17) is 9.52 Å². The number of fused-ring (bicyclic) bond motifs is 1. The van der Waals surface area contributed by atoms with Crippen LogP contribution >= 0.6 is 0 Å². The number of nitrogens with one attached hydrogen (secondary N) is 1. The lowest BCUT2D eigenvalue weighted by Gasteiger charge is -2.31. The highest BCUT2D eigenvalue weighted by atomic mass is 16.3. The Morgan fingerprint density at radius 3 is 2.65 bits per heavy atom. The average Bonchev–Trinajstić information content (AvgIpc) is 3.14. The van der Waals surface area contributed by atoms with E-state index < -0.39 is 0 Å². The number of hydrogen-bond donors (Lipinski definition) is 1. The zero-order valence-corrected chi connectivity index (χ0v) is 18.7. The van der Waals surface area contributed by atoms with Gasteiger partial charge in [0, 0.05) is 36.8 Å². The van der Waals surface area contributed by atoms with Gasteiger partial charge in [-0.25, -0.2) is 4.98 Å². The normalized spacial score (nSPS) is 18.7. The first kappa shape index (κ1) is 20.0. The van der Waals surface area contributed by atoms with Crippen molar-refractivity contribution in [2.45, 2.75) is 70.9 Å². The lowest BCUT2D eigenvalue weighted by atomic mass is 9.93. The maximum Gasteiger partial charge on any atom is 0.257 e. The van der Waals surface area contributed by atoms with Crippen LogP contribution in [-0.4, -0.2) is 49.2 Å². The van der Waals surface area contributed by atoms with Crippen LogP contribution in [0.15, 0.2) is 22.9 Å². The third kappa shape index (κ3) is 3.79. The van der Waals surface area contributed by atoms with E-state index in [1.165, 1.54) is 6.26 Å². The molecule has 0 bridgehead atoms. The summed E-state index contributed by atoms with van der Waals surface area (Å²) in [7, 11) is 0. The molecule has 2 aliphatic rings. The molecular weight excluding hydrogens is 392 g/mol. The molecular formula is C23H30N6O2. The van der Waals surface area contributed by atoms with Gasteiger partial charge in [0.1, 0.15) is 17.9 Å². The van der Waals surface area contributed by atoms with Crippen molar-refractivity contribution < 1.29 is 9.21 Å². The van der Waals surface area contributed by atoms with Crippen molar-refractivity contribution in [2.75, 3.05) is 18.4 Å². The Morgan fingerprint density at radius 1 is 1.26 bits per heavy atom. The second kappa shape index (κ2) is 7.35. The van der Waals surface area contributed by atoms with Crippen molar-refractivity contribution >= 4 is 22.8 Å². The highest BCUT2D eigenvalue weighted by Gasteiger charge is 2.39. The average molecular weight is 423 g/mol. The lowest BCUT2D eigenvalue weighted by molar-refractivity contribution is 0.0713. The molecule has 1 aliphatic heterocycles. The first-order valence-corrected chi connectivity index (χ1v) is 11.2. The summed E-state index contributed by atoms with van der Waals surface area (Å²) in [6.07, 6.45) is 7.60. The first-order chi connectivity index (χ1) is 14.8. The summed E-state index contributed by atoms with van der Waals surface area (Å²) in [5.74, 6) is 1.72. The number of piperidine rings is 1. The molecule has 1 aliphatic carbocycles. The van der Waals surface area contributed by atoms with Gasteiger partial charge in [0.15, 0.2) is 0 Å².